The molecule has 2 rings (SSSR count). The van der Waals surface area contributed by atoms with Crippen molar-refractivity contribution in [3.63, 3.8) is 0 Å². The molecule has 0 aromatic rings. The van der Waals surface area contributed by atoms with E-state index in [4.69, 9.17) is 0 Å². The molecule has 0 aromatic heterocycles. The first kappa shape index (κ1) is 13.1. The third kappa shape index (κ3) is 2.57. The van der Waals surface area contributed by atoms with Crippen molar-refractivity contribution in [1.29, 1.82) is 0 Å². The summed E-state index contributed by atoms with van der Waals surface area (Å²) in [6, 6.07) is 0. The molecule has 0 amide bonds. The Hall–Kier alpha value is -0.370. The molecule has 98 valence electrons. The Balaban J connectivity index is 2.13. The second-order valence-electron chi connectivity index (χ2n) is 5.97. The minimum absolute atomic E-state index is 0.207. The van der Waals surface area contributed by atoms with Gasteiger partial charge in [-0.3, -0.25) is 0 Å². The molecule has 0 bridgehead atoms. The van der Waals surface area contributed by atoms with Gasteiger partial charge in [0.2, 0.25) is 0 Å². The summed E-state index contributed by atoms with van der Waals surface area (Å²) >= 11 is 0. The Kier molecular flexibility index (Phi) is 4.61. The summed E-state index contributed by atoms with van der Waals surface area (Å²) in [4.78, 5) is 11.8. The van der Waals surface area contributed by atoms with Gasteiger partial charge in [0, 0.05) is 0 Å². The van der Waals surface area contributed by atoms with Crippen molar-refractivity contribution in [3.8, 4) is 0 Å². The quantitative estimate of drug-likeness (QED) is 0.760. The van der Waals surface area contributed by atoms with E-state index in [1.165, 1.54) is 70.5 Å². The summed E-state index contributed by atoms with van der Waals surface area (Å²) in [7, 11) is 2.00. The standard InChI is InChI=1S/C15H27NO/c1-16-15(12-17,13-8-4-2-5-9-13)14-10-6-3-7-11-14/h12-14,16H,2-11H2,1H3. The zero-order valence-corrected chi connectivity index (χ0v) is 11.2. The number of aldehydes is 1. The summed E-state index contributed by atoms with van der Waals surface area (Å²) < 4.78 is 0. The number of carbonyl (C=O) groups is 1. The average Bonchev–Trinajstić information content (AvgIpc) is 2.43. The summed E-state index contributed by atoms with van der Waals surface area (Å²) in [6.07, 6.45) is 14.2. The van der Waals surface area contributed by atoms with Gasteiger partial charge in [0.15, 0.2) is 0 Å². The summed E-state index contributed by atoms with van der Waals surface area (Å²) in [6.45, 7) is 0. The van der Waals surface area contributed by atoms with Crippen LogP contribution in [0, 0.1) is 11.8 Å². The fraction of sp³-hybridized carbons (Fsp3) is 0.933. The minimum Gasteiger partial charge on any atom is -0.308 e. The Morgan fingerprint density at radius 1 is 0.882 bits per heavy atom. The Labute approximate surface area is 106 Å². The van der Waals surface area contributed by atoms with Gasteiger partial charge in [-0.1, -0.05) is 38.5 Å². The number of likely N-dealkylation sites (N-methyl/N-ethyl adjacent to an activating group) is 1. The minimum atomic E-state index is -0.207. The highest BCUT2D eigenvalue weighted by atomic mass is 16.1. The molecule has 17 heavy (non-hydrogen) atoms. The molecule has 0 heterocycles. The fourth-order valence-electron chi connectivity index (χ4n) is 4.15. The van der Waals surface area contributed by atoms with Gasteiger partial charge in [-0.15, -0.1) is 0 Å². The smallest absolute Gasteiger partial charge is 0.140 e. The van der Waals surface area contributed by atoms with Crippen LogP contribution in [0.4, 0.5) is 0 Å². The fourth-order valence-corrected chi connectivity index (χ4v) is 4.15. The number of carbonyl (C=O) groups excluding carboxylic acids is 1. The zero-order chi connectivity index (χ0) is 12.1. The lowest BCUT2D eigenvalue weighted by Gasteiger charge is -2.45. The van der Waals surface area contributed by atoms with Gasteiger partial charge in [0.25, 0.3) is 0 Å². The van der Waals surface area contributed by atoms with E-state index in [9.17, 15) is 4.79 Å². The van der Waals surface area contributed by atoms with Crippen molar-refractivity contribution in [2.75, 3.05) is 7.05 Å². The number of rotatable bonds is 4. The molecular weight excluding hydrogens is 210 g/mol. The van der Waals surface area contributed by atoms with Crippen molar-refractivity contribution >= 4 is 6.29 Å². The van der Waals surface area contributed by atoms with E-state index in [1.807, 2.05) is 7.05 Å². The van der Waals surface area contributed by atoms with Crippen LogP contribution in [0.3, 0.4) is 0 Å². The van der Waals surface area contributed by atoms with E-state index in [0.717, 1.165) is 0 Å². The highest BCUT2D eigenvalue weighted by molar-refractivity contribution is 5.65. The second kappa shape index (κ2) is 5.99. The van der Waals surface area contributed by atoms with Gasteiger partial charge < -0.3 is 10.1 Å². The third-order valence-electron chi connectivity index (χ3n) is 5.19. The monoisotopic (exact) mass is 237 g/mol. The first-order chi connectivity index (χ1) is 8.33. The molecule has 0 saturated heterocycles. The molecule has 0 radical (unpaired) electrons. The Morgan fingerprint density at radius 2 is 1.29 bits per heavy atom. The molecule has 0 spiro atoms. The molecule has 0 aromatic carbocycles. The molecule has 2 aliphatic carbocycles. The summed E-state index contributed by atoms with van der Waals surface area (Å²) in [5.74, 6) is 1.17. The van der Waals surface area contributed by atoms with Crippen molar-refractivity contribution in [2.24, 2.45) is 11.8 Å². The normalized spacial score (nSPS) is 24.8. The van der Waals surface area contributed by atoms with E-state index >= 15 is 0 Å². The van der Waals surface area contributed by atoms with Gasteiger partial charge in [-0.2, -0.15) is 0 Å². The van der Waals surface area contributed by atoms with Crippen LogP contribution in [0.15, 0.2) is 0 Å². The first-order valence-electron chi connectivity index (χ1n) is 7.48. The van der Waals surface area contributed by atoms with E-state index in [2.05, 4.69) is 5.32 Å². The van der Waals surface area contributed by atoms with Gasteiger partial charge in [-0.25, -0.2) is 0 Å². The van der Waals surface area contributed by atoms with Crippen LogP contribution in [0.25, 0.3) is 0 Å². The maximum atomic E-state index is 11.8. The predicted molar refractivity (Wildman–Crippen MR) is 71.0 cm³/mol. The van der Waals surface area contributed by atoms with Gasteiger partial charge in [-0.05, 0) is 44.6 Å². The molecule has 2 heteroatoms. The maximum absolute atomic E-state index is 11.8. The molecular formula is C15H27NO. The van der Waals surface area contributed by atoms with Crippen LogP contribution in [0.5, 0.6) is 0 Å². The highest BCUT2D eigenvalue weighted by Crippen LogP contribution is 2.41. The summed E-state index contributed by atoms with van der Waals surface area (Å²) in [5, 5.41) is 3.44. The number of hydrogen-bond acceptors (Lipinski definition) is 2. The topological polar surface area (TPSA) is 29.1 Å². The lowest BCUT2D eigenvalue weighted by atomic mass is 9.65. The van der Waals surface area contributed by atoms with Crippen LogP contribution < -0.4 is 5.32 Å². The van der Waals surface area contributed by atoms with E-state index in [0.29, 0.717) is 11.8 Å². The van der Waals surface area contributed by atoms with Gasteiger partial charge in [0.1, 0.15) is 6.29 Å². The molecule has 2 nitrogen and oxygen atoms in total. The van der Waals surface area contributed by atoms with E-state index in [1.54, 1.807) is 0 Å². The lowest BCUT2D eigenvalue weighted by Crippen LogP contribution is -2.57. The highest BCUT2D eigenvalue weighted by Gasteiger charge is 2.44. The summed E-state index contributed by atoms with van der Waals surface area (Å²) in [5.41, 5.74) is -0.207. The van der Waals surface area contributed by atoms with Crippen molar-refractivity contribution in [3.05, 3.63) is 0 Å². The molecule has 0 atom stereocenters. The average molecular weight is 237 g/mol. The van der Waals surface area contributed by atoms with Crippen LogP contribution in [0.1, 0.15) is 64.2 Å². The Bertz CT molecular complexity index is 221. The molecule has 0 unspecified atom stereocenters. The Morgan fingerprint density at radius 3 is 1.59 bits per heavy atom. The lowest BCUT2D eigenvalue weighted by molar-refractivity contribution is -0.119. The van der Waals surface area contributed by atoms with Gasteiger partial charge >= 0.3 is 0 Å². The third-order valence-corrected chi connectivity index (χ3v) is 5.19. The van der Waals surface area contributed by atoms with Crippen molar-refractivity contribution in [1.82, 2.24) is 5.32 Å². The molecule has 0 aliphatic heterocycles. The van der Waals surface area contributed by atoms with Crippen LogP contribution in [0.2, 0.25) is 0 Å². The molecule has 2 saturated carbocycles. The number of nitrogens with one attached hydrogen (secondary N) is 1. The predicted octanol–water partition coefficient (Wildman–Crippen LogP) is 3.30. The van der Waals surface area contributed by atoms with E-state index in [-0.39, 0.29) is 5.54 Å². The van der Waals surface area contributed by atoms with Crippen molar-refractivity contribution < 1.29 is 4.79 Å². The first-order valence-corrected chi connectivity index (χ1v) is 7.48. The largest absolute Gasteiger partial charge is 0.308 e. The van der Waals surface area contributed by atoms with Crippen molar-refractivity contribution in [2.45, 2.75) is 69.7 Å². The SMILES string of the molecule is CNC(C=O)(C1CCCCC1)C1CCCCC1. The maximum Gasteiger partial charge on any atom is 0.140 e. The van der Waals surface area contributed by atoms with Crippen LogP contribution in [-0.2, 0) is 4.79 Å². The molecule has 1 N–H and O–H groups in total. The van der Waals surface area contributed by atoms with E-state index < -0.39 is 0 Å². The second-order valence-corrected chi connectivity index (χ2v) is 5.97. The van der Waals surface area contributed by atoms with Gasteiger partial charge in [0.05, 0.1) is 5.54 Å². The van der Waals surface area contributed by atoms with Crippen LogP contribution >= 0.6 is 0 Å². The molecule has 2 aliphatic rings. The number of hydrogen-bond donors (Lipinski definition) is 1. The van der Waals surface area contributed by atoms with Crippen LogP contribution in [-0.4, -0.2) is 18.9 Å². The zero-order valence-electron chi connectivity index (χ0n) is 11.2. The molecule has 2 fully saturated rings.